The first kappa shape index (κ1) is 22.8. The van der Waals surface area contributed by atoms with Crippen molar-refractivity contribution in [2.24, 2.45) is 4.99 Å². The lowest BCUT2D eigenvalue weighted by molar-refractivity contribution is -0.115. The van der Waals surface area contributed by atoms with Gasteiger partial charge in [0.15, 0.2) is 16.7 Å². The van der Waals surface area contributed by atoms with E-state index in [0.717, 1.165) is 22.9 Å². The number of thioether (sulfide) groups is 1. The van der Waals surface area contributed by atoms with Crippen LogP contribution in [-0.2, 0) is 11.4 Å². The Labute approximate surface area is 200 Å². The summed E-state index contributed by atoms with van der Waals surface area (Å²) in [6.07, 6.45) is 1.69. The first-order valence-corrected chi connectivity index (χ1v) is 11.1. The number of nitrogens with one attached hydrogen (secondary N) is 1. The molecule has 7 nitrogen and oxygen atoms in total. The van der Waals surface area contributed by atoms with Crippen LogP contribution >= 0.6 is 11.8 Å². The van der Waals surface area contributed by atoms with Crippen LogP contribution in [0, 0.1) is 11.3 Å². The van der Waals surface area contributed by atoms with Crippen molar-refractivity contribution in [1.29, 1.82) is 5.26 Å². The Morgan fingerprint density at radius 1 is 1.09 bits per heavy atom. The number of rotatable bonds is 6. The van der Waals surface area contributed by atoms with Gasteiger partial charge in [0.2, 0.25) is 0 Å². The maximum atomic E-state index is 12.4. The Kier molecular flexibility index (Phi) is 7.06. The lowest BCUT2D eigenvalue weighted by atomic mass is 10.1. The van der Waals surface area contributed by atoms with Crippen molar-refractivity contribution in [3.05, 3.63) is 100.0 Å². The highest BCUT2D eigenvalue weighted by atomic mass is 32.2. The molecule has 168 valence electrons. The van der Waals surface area contributed by atoms with Gasteiger partial charge in [-0.15, -0.1) is 0 Å². The van der Waals surface area contributed by atoms with Gasteiger partial charge in [0.1, 0.15) is 6.61 Å². The summed E-state index contributed by atoms with van der Waals surface area (Å²) in [6.45, 7) is 0.216. The first-order chi connectivity index (χ1) is 16.6. The number of nitriles is 1. The van der Waals surface area contributed by atoms with Crippen molar-refractivity contribution in [2.75, 3.05) is 7.11 Å². The standard InChI is InChI=1S/C26H19N3O4S/c1-32-22-13-17(11-12-21(22)33-16-20-10-6-5-9-19(20)15-27)14-23-25(31)29-26(34-23)28-24(30)18-7-3-2-4-8-18/h2-14H,16H2,1H3,(H,28,29,30,31)/b23-14-. The molecule has 0 saturated carbocycles. The molecule has 1 saturated heterocycles. The second-order valence-electron chi connectivity index (χ2n) is 7.12. The maximum Gasteiger partial charge on any atom is 0.279 e. The largest absolute Gasteiger partial charge is 0.493 e. The minimum atomic E-state index is -0.425. The molecular weight excluding hydrogens is 450 g/mol. The fraction of sp³-hybridized carbons (Fsp3) is 0.0769. The third kappa shape index (κ3) is 5.34. The van der Waals surface area contributed by atoms with E-state index < -0.39 is 5.91 Å². The van der Waals surface area contributed by atoms with E-state index in [1.54, 1.807) is 60.7 Å². The number of carbonyl (C=O) groups is 2. The summed E-state index contributed by atoms with van der Waals surface area (Å²) < 4.78 is 11.3. The van der Waals surface area contributed by atoms with E-state index in [2.05, 4.69) is 16.4 Å². The second kappa shape index (κ2) is 10.5. The lowest BCUT2D eigenvalue weighted by Gasteiger charge is -2.12. The van der Waals surface area contributed by atoms with Gasteiger partial charge in [-0.25, -0.2) is 0 Å². The van der Waals surface area contributed by atoms with Gasteiger partial charge in [-0.05, 0) is 53.7 Å². The lowest BCUT2D eigenvalue weighted by Crippen LogP contribution is -2.20. The fourth-order valence-corrected chi connectivity index (χ4v) is 3.99. The highest BCUT2D eigenvalue weighted by Gasteiger charge is 2.25. The van der Waals surface area contributed by atoms with Crippen LogP contribution in [0.5, 0.6) is 11.5 Å². The molecule has 3 aromatic rings. The molecule has 1 aliphatic heterocycles. The Morgan fingerprint density at radius 3 is 2.62 bits per heavy atom. The molecule has 3 aromatic carbocycles. The molecule has 0 bridgehead atoms. The summed E-state index contributed by atoms with van der Waals surface area (Å²) in [7, 11) is 1.53. The molecule has 0 aromatic heterocycles. The fourth-order valence-electron chi connectivity index (χ4n) is 3.17. The van der Waals surface area contributed by atoms with E-state index in [-0.39, 0.29) is 17.7 Å². The normalized spacial score (nSPS) is 15.1. The first-order valence-electron chi connectivity index (χ1n) is 10.2. The summed E-state index contributed by atoms with van der Waals surface area (Å²) in [5.74, 6) is 0.236. The van der Waals surface area contributed by atoms with Crippen molar-refractivity contribution >= 4 is 34.8 Å². The number of benzene rings is 3. The van der Waals surface area contributed by atoms with Crippen LogP contribution in [0.1, 0.15) is 27.0 Å². The van der Waals surface area contributed by atoms with Gasteiger partial charge in [-0.3, -0.25) is 9.59 Å². The van der Waals surface area contributed by atoms with Gasteiger partial charge in [-0.1, -0.05) is 42.5 Å². The van der Waals surface area contributed by atoms with Crippen molar-refractivity contribution < 1.29 is 19.1 Å². The molecular formula is C26H19N3O4S. The zero-order valence-electron chi connectivity index (χ0n) is 18.1. The minimum absolute atomic E-state index is 0.216. The summed E-state index contributed by atoms with van der Waals surface area (Å²) in [5, 5.41) is 12.1. The predicted molar refractivity (Wildman–Crippen MR) is 130 cm³/mol. The average Bonchev–Trinajstić information content (AvgIpc) is 3.21. The van der Waals surface area contributed by atoms with Crippen LogP contribution in [0.2, 0.25) is 0 Å². The van der Waals surface area contributed by atoms with Gasteiger partial charge in [0.05, 0.1) is 23.6 Å². The van der Waals surface area contributed by atoms with Crippen LogP contribution in [0.15, 0.2) is 82.7 Å². The zero-order valence-corrected chi connectivity index (χ0v) is 19.0. The molecule has 2 amide bonds. The third-order valence-corrected chi connectivity index (χ3v) is 5.79. The van der Waals surface area contributed by atoms with E-state index in [1.807, 2.05) is 18.2 Å². The third-order valence-electron chi connectivity index (χ3n) is 4.88. The number of ether oxygens (including phenoxy) is 2. The van der Waals surface area contributed by atoms with E-state index in [4.69, 9.17) is 9.47 Å². The Hall–Kier alpha value is -4.35. The van der Waals surface area contributed by atoms with Crippen LogP contribution in [0.4, 0.5) is 0 Å². The summed E-state index contributed by atoms with van der Waals surface area (Å²) in [4.78, 5) is 29.1. The highest BCUT2D eigenvalue weighted by Crippen LogP contribution is 2.32. The molecule has 0 radical (unpaired) electrons. The molecule has 0 spiro atoms. The summed E-state index contributed by atoms with van der Waals surface area (Å²) in [5.41, 5.74) is 2.49. The number of amides is 2. The van der Waals surface area contributed by atoms with Crippen LogP contribution in [0.25, 0.3) is 6.08 Å². The van der Waals surface area contributed by atoms with Gasteiger partial charge < -0.3 is 14.8 Å². The number of aliphatic imine (C=N–C) groups is 1. The molecule has 1 heterocycles. The molecule has 8 heteroatoms. The van der Waals surface area contributed by atoms with E-state index in [9.17, 15) is 14.9 Å². The number of amidine groups is 1. The van der Waals surface area contributed by atoms with Crippen LogP contribution < -0.4 is 14.8 Å². The number of carbonyl (C=O) groups excluding carboxylic acids is 2. The van der Waals surface area contributed by atoms with Crippen molar-refractivity contribution in [2.45, 2.75) is 6.61 Å². The van der Waals surface area contributed by atoms with Gasteiger partial charge in [-0.2, -0.15) is 10.3 Å². The quantitative estimate of drug-likeness (QED) is 0.532. The molecule has 1 aliphatic rings. The van der Waals surface area contributed by atoms with Gasteiger partial charge >= 0.3 is 0 Å². The predicted octanol–water partition coefficient (Wildman–Crippen LogP) is 4.55. The highest BCUT2D eigenvalue weighted by molar-refractivity contribution is 8.18. The summed E-state index contributed by atoms with van der Waals surface area (Å²) >= 11 is 1.09. The smallest absolute Gasteiger partial charge is 0.279 e. The number of hydrogen-bond donors (Lipinski definition) is 1. The topological polar surface area (TPSA) is 101 Å². The Bertz CT molecular complexity index is 1340. The van der Waals surface area contributed by atoms with Gasteiger partial charge in [0.25, 0.3) is 11.8 Å². The molecule has 1 fully saturated rings. The monoisotopic (exact) mass is 469 g/mol. The van der Waals surface area contributed by atoms with E-state index >= 15 is 0 Å². The second-order valence-corrected chi connectivity index (χ2v) is 8.15. The van der Waals surface area contributed by atoms with E-state index in [0.29, 0.717) is 27.5 Å². The number of methoxy groups -OCH3 is 1. The zero-order chi connectivity index (χ0) is 23.9. The molecule has 1 N–H and O–H groups in total. The molecule has 0 aliphatic carbocycles. The van der Waals surface area contributed by atoms with E-state index in [1.165, 1.54) is 7.11 Å². The molecule has 0 unspecified atom stereocenters. The van der Waals surface area contributed by atoms with Crippen molar-refractivity contribution in [1.82, 2.24) is 5.32 Å². The Balaban J connectivity index is 1.48. The summed E-state index contributed by atoms with van der Waals surface area (Å²) in [6, 6.07) is 23.3. The minimum Gasteiger partial charge on any atom is -0.493 e. The maximum absolute atomic E-state index is 12.4. The number of nitrogens with zero attached hydrogens (tertiary/aromatic N) is 2. The van der Waals surface area contributed by atoms with Crippen molar-refractivity contribution in [3.63, 3.8) is 0 Å². The molecule has 4 rings (SSSR count). The SMILES string of the molecule is COc1cc(/C=C2\SC(=NC(=O)c3ccccc3)NC2=O)ccc1OCc1ccccc1C#N. The van der Waals surface area contributed by atoms with Gasteiger partial charge in [0, 0.05) is 11.1 Å². The van der Waals surface area contributed by atoms with Crippen molar-refractivity contribution in [3.8, 4) is 17.6 Å². The number of hydrogen-bond acceptors (Lipinski definition) is 6. The molecule has 0 atom stereocenters. The average molecular weight is 470 g/mol. The van der Waals surface area contributed by atoms with Crippen LogP contribution in [-0.4, -0.2) is 24.1 Å². The van der Waals surface area contributed by atoms with Crippen LogP contribution in [0.3, 0.4) is 0 Å². The molecule has 34 heavy (non-hydrogen) atoms. The Morgan fingerprint density at radius 2 is 1.85 bits per heavy atom.